The zero-order valence-electron chi connectivity index (χ0n) is 7.87. The van der Waals surface area contributed by atoms with Gasteiger partial charge >= 0.3 is 0 Å². The minimum Gasteiger partial charge on any atom is -0.370 e. The van der Waals surface area contributed by atoms with Gasteiger partial charge in [-0.3, -0.25) is 9.59 Å². The molecule has 0 aliphatic rings. The number of rotatable bonds is 4. The lowest BCUT2D eigenvalue weighted by Gasteiger charge is -2.02. The molecule has 0 bridgehead atoms. The predicted octanol–water partition coefficient (Wildman–Crippen LogP) is -0.174. The summed E-state index contributed by atoms with van der Waals surface area (Å²) in [5, 5.41) is 2.45. The Labute approximate surface area is 85.5 Å². The molecule has 0 unspecified atom stereocenters. The molecule has 0 radical (unpaired) electrons. The number of hydrogen-bond acceptors (Lipinski definition) is 3. The number of nitrogens with zero attached hydrogens (tertiary/aromatic N) is 1. The highest BCUT2D eigenvalue weighted by atomic mass is 19.1. The van der Waals surface area contributed by atoms with Crippen LogP contribution in [0.2, 0.25) is 0 Å². The first-order valence-electron chi connectivity index (χ1n) is 4.27. The van der Waals surface area contributed by atoms with Crippen LogP contribution in [0.25, 0.3) is 0 Å². The average molecular weight is 211 g/mol. The van der Waals surface area contributed by atoms with Crippen LogP contribution < -0.4 is 11.1 Å². The Bertz CT molecular complexity index is 364. The van der Waals surface area contributed by atoms with Crippen molar-refractivity contribution >= 4 is 11.8 Å². The summed E-state index contributed by atoms with van der Waals surface area (Å²) in [5.41, 5.74) is 5.12. The second kappa shape index (κ2) is 5.04. The van der Waals surface area contributed by atoms with E-state index in [0.29, 0.717) is 0 Å². The van der Waals surface area contributed by atoms with Crippen LogP contribution in [0.1, 0.15) is 16.8 Å². The third-order valence-corrected chi connectivity index (χ3v) is 1.65. The molecule has 5 nitrogen and oxygen atoms in total. The smallest absolute Gasteiger partial charge is 0.252 e. The van der Waals surface area contributed by atoms with E-state index >= 15 is 0 Å². The number of hydrogen-bond donors (Lipinski definition) is 2. The molecule has 0 saturated heterocycles. The lowest BCUT2D eigenvalue weighted by Crippen LogP contribution is -2.27. The number of carbonyl (C=O) groups is 2. The second-order valence-corrected chi connectivity index (χ2v) is 2.84. The summed E-state index contributed by atoms with van der Waals surface area (Å²) in [7, 11) is 0. The van der Waals surface area contributed by atoms with E-state index in [-0.39, 0.29) is 18.5 Å². The Morgan fingerprint density at radius 2 is 2.20 bits per heavy atom. The first kappa shape index (κ1) is 11.1. The van der Waals surface area contributed by atoms with Crippen molar-refractivity contribution in [1.82, 2.24) is 10.3 Å². The Hall–Kier alpha value is -1.98. The Morgan fingerprint density at radius 1 is 1.47 bits per heavy atom. The van der Waals surface area contributed by atoms with Crippen molar-refractivity contribution in [2.45, 2.75) is 6.42 Å². The molecule has 6 heteroatoms. The van der Waals surface area contributed by atoms with E-state index in [1.54, 1.807) is 0 Å². The van der Waals surface area contributed by atoms with E-state index in [2.05, 4.69) is 10.3 Å². The maximum atomic E-state index is 12.4. The zero-order valence-corrected chi connectivity index (χ0v) is 7.87. The van der Waals surface area contributed by atoms with Gasteiger partial charge in [0.2, 0.25) is 11.9 Å². The molecule has 0 spiro atoms. The molecule has 0 aromatic carbocycles. The van der Waals surface area contributed by atoms with Crippen molar-refractivity contribution in [3.63, 3.8) is 0 Å². The first-order chi connectivity index (χ1) is 7.09. The van der Waals surface area contributed by atoms with Gasteiger partial charge in [0, 0.05) is 19.2 Å². The summed E-state index contributed by atoms with van der Waals surface area (Å²) in [6, 6.07) is 2.39. The highest BCUT2D eigenvalue weighted by molar-refractivity contribution is 5.94. The van der Waals surface area contributed by atoms with Crippen LogP contribution in [0, 0.1) is 5.95 Å². The highest BCUT2D eigenvalue weighted by Crippen LogP contribution is 1.98. The molecule has 0 saturated carbocycles. The number of primary amides is 1. The minimum absolute atomic E-state index is 0.0698. The summed E-state index contributed by atoms with van der Waals surface area (Å²) < 4.78 is 12.4. The Kier molecular flexibility index (Phi) is 3.73. The van der Waals surface area contributed by atoms with Gasteiger partial charge in [-0.05, 0) is 12.1 Å². The van der Waals surface area contributed by atoms with Crippen molar-refractivity contribution in [3.05, 3.63) is 29.8 Å². The molecule has 1 aromatic heterocycles. The fourth-order valence-corrected chi connectivity index (χ4v) is 0.911. The van der Waals surface area contributed by atoms with Crippen LogP contribution in [0.3, 0.4) is 0 Å². The van der Waals surface area contributed by atoms with Crippen LogP contribution in [0.5, 0.6) is 0 Å². The molecule has 80 valence electrons. The van der Waals surface area contributed by atoms with Crippen LogP contribution in [0.4, 0.5) is 4.39 Å². The zero-order chi connectivity index (χ0) is 11.3. The van der Waals surface area contributed by atoms with Crippen molar-refractivity contribution in [2.24, 2.45) is 5.73 Å². The third kappa shape index (κ3) is 3.72. The summed E-state index contributed by atoms with van der Waals surface area (Å²) >= 11 is 0. The topological polar surface area (TPSA) is 85.1 Å². The van der Waals surface area contributed by atoms with Gasteiger partial charge < -0.3 is 11.1 Å². The molecule has 15 heavy (non-hydrogen) atoms. The van der Waals surface area contributed by atoms with Crippen molar-refractivity contribution < 1.29 is 14.0 Å². The van der Waals surface area contributed by atoms with Crippen molar-refractivity contribution in [1.29, 1.82) is 0 Å². The fourth-order valence-electron chi connectivity index (χ4n) is 0.911. The molecule has 0 atom stereocenters. The number of carbonyl (C=O) groups excluding carboxylic acids is 2. The number of amides is 2. The van der Waals surface area contributed by atoms with E-state index in [4.69, 9.17) is 5.73 Å². The van der Waals surface area contributed by atoms with Gasteiger partial charge in [0.25, 0.3) is 5.91 Å². The minimum atomic E-state index is -0.649. The van der Waals surface area contributed by atoms with Crippen LogP contribution >= 0.6 is 0 Å². The van der Waals surface area contributed by atoms with Gasteiger partial charge in [-0.2, -0.15) is 4.39 Å². The van der Waals surface area contributed by atoms with Crippen LogP contribution in [-0.4, -0.2) is 23.3 Å². The van der Waals surface area contributed by atoms with Crippen LogP contribution in [-0.2, 0) is 4.79 Å². The molecule has 0 aliphatic carbocycles. The van der Waals surface area contributed by atoms with Gasteiger partial charge in [-0.15, -0.1) is 0 Å². The third-order valence-electron chi connectivity index (χ3n) is 1.65. The molecule has 2 amide bonds. The first-order valence-corrected chi connectivity index (χ1v) is 4.27. The SMILES string of the molecule is NC(=O)CCNC(=O)c1ccc(F)nc1. The quantitative estimate of drug-likeness (QED) is 0.678. The van der Waals surface area contributed by atoms with Crippen molar-refractivity contribution in [2.75, 3.05) is 6.54 Å². The molecular formula is C9H10FN3O2. The highest BCUT2D eigenvalue weighted by Gasteiger charge is 2.05. The largest absolute Gasteiger partial charge is 0.370 e. The molecule has 0 aliphatic heterocycles. The summed E-state index contributed by atoms with van der Waals surface area (Å²) in [4.78, 5) is 25.0. The van der Waals surface area contributed by atoms with Gasteiger partial charge in [-0.1, -0.05) is 0 Å². The van der Waals surface area contributed by atoms with Gasteiger partial charge in [0.15, 0.2) is 0 Å². The Morgan fingerprint density at radius 3 is 2.73 bits per heavy atom. The maximum absolute atomic E-state index is 12.4. The average Bonchev–Trinajstić information content (AvgIpc) is 2.18. The number of nitrogens with two attached hydrogens (primary N) is 1. The summed E-state index contributed by atoms with van der Waals surface area (Å²) in [5.74, 6) is -1.56. The predicted molar refractivity (Wildman–Crippen MR) is 50.3 cm³/mol. The van der Waals surface area contributed by atoms with Crippen molar-refractivity contribution in [3.8, 4) is 0 Å². The molecule has 1 heterocycles. The lowest BCUT2D eigenvalue weighted by molar-refractivity contribution is -0.117. The molecule has 3 N–H and O–H groups in total. The maximum Gasteiger partial charge on any atom is 0.252 e. The molecule has 1 aromatic rings. The fraction of sp³-hybridized carbons (Fsp3) is 0.222. The molecular weight excluding hydrogens is 201 g/mol. The van der Waals surface area contributed by atoms with Crippen LogP contribution in [0.15, 0.2) is 18.3 Å². The lowest BCUT2D eigenvalue weighted by atomic mass is 10.2. The van der Waals surface area contributed by atoms with Gasteiger partial charge in [-0.25, -0.2) is 4.98 Å². The molecule has 1 rings (SSSR count). The number of aromatic nitrogens is 1. The number of pyridine rings is 1. The van der Waals surface area contributed by atoms with Gasteiger partial charge in [0.1, 0.15) is 0 Å². The molecule has 0 fully saturated rings. The summed E-state index contributed by atoms with van der Waals surface area (Å²) in [6.45, 7) is 0.158. The van der Waals surface area contributed by atoms with E-state index in [9.17, 15) is 14.0 Å². The number of halogens is 1. The Balaban J connectivity index is 2.47. The van der Waals surface area contributed by atoms with E-state index in [1.165, 1.54) is 6.07 Å². The van der Waals surface area contributed by atoms with Gasteiger partial charge in [0.05, 0.1) is 5.56 Å². The van der Waals surface area contributed by atoms with E-state index < -0.39 is 17.8 Å². The standard InChI is InChI=1S/C9H10FN3O2/c10-7-2-1-6(5-13-7)9(15)12-4-3-8(11)14/h1-2,5H,3-4H2,(H2,11,14)(H,12,15). The van der Waals surface area contributed by atoms with E-state index in [0.717, 1.165) is 12.3 Å². The number of nitrogens with one attached hydrogen (secondary N) is 1. The van der Waals surface area contributed by atoms with E-state index in [1.807, 2.05) is 0 Å². The summed E-state index contributed by atoms with van der Waals surface area (Å²) in [6.07, 6.45) is 1.19. The second-order valence-electron chi connectivity index (χ2n) is 2.84. The normalized spacial score (nSPS) is 9.67. The monoisotopic (exact) mass is 211 g/mol.